The zero-order valence-electron chi connectivity index (χ0n) is 5.03. The lowest BCUT2D eigenvalue weighted by Gasteiger charge is -2.17. The minimum Gasteiger partial charge on any atom is -0.237 e. The van der Waals surface area contributed by atoms with Crippen LogP contribution in [0, 0.1) is 5.92 Å². The molecule has 0 spiro atoms. The molecule has 0 aromatic rings. The Labute approximate surface area is 69.9 Å². The van der Waals surface area contributed by atoms with E-state index in [0.717, 1.165) is 0 Å². The Kier molecular flexibility index (Phi) is 4.22. The van der Waals surface area contributed by atoms with Crippen LogP contribution < -0.4 is 0 Å². The van der Waals surface area contributed by atoms with Crippen LogP contribution in [0.5, 0.6) is 0 Å². The number of halogens is 3. The van der Waals surface area contributed by atoms with Gasteiger partial charge in [0.05, 0.1) is 6.61 Å². The van der Waals surface area contributed by atoms with E-state index in [-0.39, 0.29) is 12.5 Å². The van der Waals surface area contributed by atoms with E-state index >= 15 is 0 Å². The third-order valence-corrected chi connectivity index (χ3v) is 2.23. The predicted octanol–water partition coefficient (Wildman–Crippen LogP) is 2.81. The first-order valence-corrected chi connectivity index (χ1v) is 3.76. The maximum atomic E-state index is 10.0. The van der Waals surface area contributed by atoms with Crippen LogP contribution in [0.2, 0.25) is 0 Å². The maximum Gasteiger partial charge on any atom is 0.193 e. The Morgan fingerprint density at radius 2 is 1.89 bits per heavy atom. The second kappa shape index (κ2) is 3.87. The summed E-state index contributed by atoms with van der Waals surface area (Å²) in [5, 5.41) is 10.0. The molecule has 0 fully saturated rings. The van der Waals surface area contributed by atoms with Gasteiger partial charge in [0, 0.05) is 5.92 Å². The summed E-state index contributed by atoms with van der Waals surface area (Å²) in [6, 6.07) is 0. The van der Waals surface area contributed by atoms with E-state index in [1.807, 2.05) is 0 Å². The molecule has 0 aliphatic rings. The van der Waals surface area contributed by atoms with Gasteiger partial charge in [0.2, 0.25) is 0 Å². The number of rotatable bonds is 2. The highest BCUT2D eigenvalue weighted by Gasteiger charge is 2.27. The van der Waals surface area contributed by atoms with Crippen molar-refractivity contribution in [2.24, 2.45) is 5.92 Å². The highest BCUT2D eigenvalue weighted by Crippen LogP contribution is 2.36. The monoisotopic (exact) mass is 189 g/mol. The molecule has 0 rings (SSSR count). The van der Waals surface area contributed by atoms with Crippen LogP contribution in [0.4, 0.5) is 0 Å². The minimum atomic E-state index is -1.27. The summed E-state index contributed by atoms with van der Waals surface area (Å²) in [4.78, 5) is 0. The summed E-state index contributed by atoms with van der Waals surface area (Å²) in [5.74, 6) is -0.153. The molecule has 0 amide bonds. The average Bonchev–Trinajstić information content (AvgIpc) is 1.64. The SMILES string of the molecule is CC(CC[O])C(Cl)(Cl)Cl. The van der Waals surface area contributed by atoms with Gasteiger partial charge in [-0.05, 0) is 6.42 Å². The molecule has 4 heteroatoms. The summed E-state index contributed by atoms with van der Waals surface area (Å²) in [5.41, 5.74) is 0. The smallest absolute Gasteiger partial charge is 0.193 e. The van der Waals surface area contributed by atoms with Crippen LogP contribution in [0.25, 0.3) is 0 Å². The van der Waals surface area contributed by atoms with E-state index in [1.54, 1.807) is 6.92 Å². The molecule has 1 radical (unpaired) electrons. The molecule has 0 aromatic carbocycles. The highest BCUT2D eigenvalue weighted by molar-refractivity contribution is 6.67. The summed E-state index contributed by atoms with van der Waals surface area (Å²) >= 11 is 16.4. The second-order valence-corrected chi connectivity index (χ2v) is 4.30. The van der Waals surface area contributed by atoms with Crippen molar-refractivity contribution in [1.82, 2.24) is 0 Å². The fourth-order valence-corrected chi connectivity index (χ4v) is 0.668. The molecule has 0 aliphatic heterocycles. The van der Waals surface area contributed by atoms with E-state index in [2.05, 4.69) is 0 Å². The molecule has 1 unspecified atom stereocenters. The van der Waals surface area contributed by atoms with Crippen LogP contribution in [-0.4, -0.2) is 10.4 Å². The average molecular weight is 190 g/mol. The molecule has 1 atom stereocenters. The van der Waals surface area contributed by atoms with Gasteiger partial charge in [0.15, 0.2) is 3.79 Å². The van der Waals surface area contributed by atoms with Gasteiger partial charge in [-0.1, -0.05) is 41.7 Å². The van der Waals surface area contributed by atoms with Gasteiger partial charge in [-0.2, -0.15) is 0 Å². The molecule has 9 heavy (non-hydrogen) atoms. The molecular formula is C5H8Cl3O. The molecule has 0 aliphatic carbocycles. The van der Waals surface area contributed by atoms with Crippen molar-refractivity contribution in [1.29, 1.82) is 0 Å². The van der Waals surface area contributed by atoms with Gasteiger partial charge in [-0.15, -0.1) is 0 Å². The fraction of sp³-hybridized carbons (Fsp3) is 1.00. The molecule has 0 saturated carbocycles. The van der Waals surface area contributed by atoms with Crippen LogP contribution in [0.15, 0.2) is 0 Å². The van der Waals surface area contributed by atoms with Crippen molar-refractivity contribution in [3.05, 3.63) is 0 Å². The highest BCUT2D eigenvalue weighted by atomic mass is 35.6. The zero-order chi connectivity index (χ0) is 7.49. The Hall–Kier alpha value is 0.830. The lowest BCUT2D eigenvalue weighted by molar-refractivity contribution is 0.174. The van der Waals surface area contributed by atoms with Gasteiger partial charge < -0.3 is 0 Å². The van der Waals surface area contributed by atoms with Crippen LogP contribution in [0.1, 0.15) is 13.3 Å². The summed E-state index contributed by atoms with van der Waals surface area (Å²) in [7, 11) is 0. The number of alkyl halides is 3. The van der Waals surface area contributed by atoms with Gasteiger partial charge in [-0.3, -0.25) is 0 Å². The van der Waals surface area contributed by atoms with Crippen molar-refractivity contribution in [3.8, 4) is 0 Å². The molecule has 55 valence electrons. The topological polar surface area (TPSA) is 19.9 Å². The third-order valence-electron chi connectivity index (χ3n) is 1.11. The number of hydrogen-bond donors (Lipinski definition) is 0. The van der Waals surface area contributed by atoms with Crippen LogP contribution >= 0.6 is 34.8 Å². The first kappa shape index (κ1) is 9.83. The van der Waals surface area contributed by atoms with Gasteiger partial charge in [0.1, 0.15) is 0 Å². The largest absolute Gasteiger partial charge is 0.237 e. The zero-order valence-corrected chi connectivity index (χ0v) is 7.30. The van der Waals surface area contributed by atoms with Crippen molar-refractivity contribution in [3.63, 3.8) is 0 Å². The van der Waals surface area contributed by atoms with E-state index in [4.69, 9.17) is 34.8 Å². The Balaban J connectivity index is 3.59. The summed E-state index contributed by atoms with van der Waals surface area (Å²) in [6.07, 6.45) is 0.413. The first-order valence-electron chi connectivity index (χ1n) is 2.63. The molecule has 1 nitrogen and oxygen atoms in total. The molecule has 0 aromatic heterocycles. The fourth-order valence-electron chi connectivity index (χ4n) is 0.340. The summed E-state index contributed by atoms with van der Waals surface area (Å²) < 4.78 is -1.27. The Morgan fingerprint density at radius 1 is 1.44 bits per heavy atom. The maximum absolute atomic E-state index is 10.0. The molecule has 0 N–H and O–H groups in total. The lowest BCUT2D eigenvalue weighted by atomic mass is 10.1. The molecule has 0 saturated heterocycles. The minimum absolute atomic E-state index is 0.153. The summed E-state index contributed by atoms with van der Waals surface area (Å²) in [6.45, 7) is 1.56. The van der Waals surface area contributed by atoms with Crippen molar-refractivity contribution in [2.75, 3.05) is 6.61 Å². The molecular weight excluding hydrogens is 182 g/mol. The van der Waals surface area contributed by atoms with Crippen molar-refractivity contribution < 1.29 is 5.11 Å². The standard InChI is InChI=1S/C5H8Cl3O/c1-4(2-3-9)5(6,7)8/h4H,2-3H2,1H3. The normalized spacial score (nSPS) is 15.7. The third kappa shape index (κ3) is 4.26. The van der Waals surface area contributed by atoms with Crippen LogP contribution in [0.3, 0.4) is 0 Å². The Morgan fingerprint density at radius 3 is 2.00 bits per heavy atom. The van der Waals surface area contributed by atoms with Crippen LogP contribution in [-0.2, 0) is 5.11 Å². The molecule has 0 heterocycles. The lowest BCUT2D eigenvalue weighted by Crippen LogP contribution is -2.16. The first-order chi connectivity index (χ1) is 3.98. The second-order valence-electron chi connectivity index (χ2n) is 1.94. The van der Waals surface area contributed by atoms with E-state index in [9.17, 15) is 5.11 Å². The number of hydrogen-bond acceptors (Lipinski definition) is 0. The van der Waals surface area contributed by atoms with E-state index in [0.29, 0.717) is 6.42 Å². The van der Waals surface area contributed by atoms with Crippen molar-refractivity contribution >= 4 is 34.8 Å². The predicted molar refractivity (Wildman–Crippen MR) is 39.6 cm³/mol. The van der Waals surface area contributed by atoms with E-state index < -0.39 is 3.79 Å². The van der Waals surface area contributed by atoms with Crippen molar-refractivity contribution in [2.45, 2.75) is 17.1 Å². The van der Waals surface area contributed by atoms with E-state index in [1.165, 1.54) is 0 Å². The Bertz CT molecular complexity index is 78.8. The quantitative estimate of drug-likeness (QED) is 0.597. The van der Waals surface area contributed by atoms with Gasteiger partial charge in [-0.25, -0.2) is 5.11 Å². The van der Waals surface area contributed by atoms with Gasteiger partial charge in [0.25, 0.3) is 0 Å². The van der Waals surface area contributed by atoms with Gasteiger partial charge >= 0.3 is 0 Å². The molecule has 0 bridgehead atoms.